The quantitative estimate of drug-likeness (QED) is 0.481. The lowest BCUT2D eigenvalue weighted by atomic mass is 10.1. The number of phenols is 1. The van der Waals surface area contributed by atoms with Crippen LogP contribution in [0.5, 0.6) is 5.75 Å². The van der Waals surface area contributed by atoms with E-state index in [1.165, 1.54) is 0 Å². The second kappa shape index (κ2) is 7.41. The molecule has 0 saturated heterocycles. The third-order valence-corrected chi connectivity index (χ3v) is 2.71. The minimum Gasteiger partial charge on any atom is -0.507 e. The molecule has 1 aromatic carbocycles. The Morgan fingerprint density at radius 3 is 2.84 bits per heavy atom. The summed E-state index contributed by atoms with van der Waals surface area (Å²) in [7, 11) is 0. The molecule has 0 atom stereocenters. The van der Waals surface area contributed by atoms with Gasteiger partial charge in [-0.1, -0.05) is 32.1 Å². The number of carbonyl (C=O) groups excluding carboxylic acids is 1. The molecule has 0 heterocycles. The van der Waals surface area contributed by atoms with E-state index in [2.05, 4.69) is 6.58 Å². The Morgan fingerprint density at radius 2 is 2.21 bits per heavy atom. The van der Waals surface area contributed by atoms with Gasteiger partial charge in [0.2, 0.25) is 0 Å². The zero-order valence-electron chi connectivity index (χ0n) is 11.5. The van der Waals surface area contributed by atoms with Crippen LogP contribution in [0.25, 0.3) is 12.2 Å². The summed E-state index contributed by atoms with van der Waals surface area (Å²) in [5, 5.41) is 9.74. The Balaban J connectivity index is 2.82. The summed E-state index contributed by atoms with van der Waals surface area (Å²) in [6, 6.07) is 5.11. The lowest BCUT2D eigenvalue weighted by Gasteiger charge is -2.05. The molecular formula is C16H20O3. The van der Waals surface area contributed by atoms with Crippen molar-refractivity contribution in [3.63, 3.8) is 0 Å². The number of esters is 1. The highest BCUT2D eigenvalue weighted by molar-refractivity contribution is 5.93. The first-order chi connectivity index (χ1) is 9.08. The van der Waals surface area contributed by atoms with Gasteiger partial charge in [-0.25, -0.2) is 4.79 Å². The Kier molecular flexibility index (Phi) is 5.86. The maximum Gasteiger partial charge on any atom is 0.333 e. The molecule has 0 fully saturated rings. The minimum absolute atomic E-state index is 0.131. The highest BCUT2D eigenvalue weighted by atomic mass is 16.5. The van der Waals surface area contributed by atoms with Crippen molar-refractivity contribution >= 4 is 18.1 Å². The predicted molar refractivity (Wildman–Crippen MR) is 77.7 cm³/mol. The van der Waals surface area contributed by atoms with Crippen LogP contribution in [0.2, 0.25) is 0 Å². The van der Waals surface area contributed by atoms with Crippen LogP contribution < -0.4 is 0 Å². The van der Waals surface area contributed by atoms with Gasteiger partial charge in [0.1, 0.15) is 5.75 Å². The molecule has 102 valence electrons. The molecule has 1 aromatic rings. The standard InChI is InChI=1S/C16H20O3/c1-4-6-9-19-16(18)12(3)10-14-11-13(5-2)7-8-15(14)17/h5,7-8,10-11,17H,2,4,6,9H2,1,3H3/b12-10+. The smallest absolute Gasteiger partial charge is 0.333 e. The molecule has 1 rings (SSSR count). The van der Waals surface area contributed by atoms with Gasteiger partial charge < -0.3 is 9.84 Å². The van der Waals surface area contributed by atoms with Crippen molar-refractivity contribution in [1.29, 1.82) is 0 Å². The van der Waals surface area contributed by atoms with Crippen LogP contribution in [0.15, 0.2) is 30.4 Å². The van der Waals surface area contributed by atoms with Gasteiger partial charge in [0.25, 0.3) is 0 Å². The van der Waals surface area contributed by atoms with E-state index in [-0.39, 0.29) is 11.7 Å². The largest absolute Gasteiger partial charge is 0.507 e. The Hall–Kier alpha value is -2.03. The summed E-state index contributed by atoms with van der Waals surface area (Å²) < 4.78 is 5.10. The molecule has 0 amide bonds. The maximum absolute atomic E-state index is 11.7. The van der Waals surface area contributed by atoms with Crippen LogP contribution in [0.3, 0.4) is 0 Å². The van der Waals surface area contributed by atoms with E-state index in [4.69, 9.17) is 4.74 Å². The van der Waals surface area contributed by atoms with E-state index in [0.717, 1.165) is 18.4 Å². The van der Waals surface area contributed by atoms with Gasteiger partial charge in [0, 0.05) is 11.1 Å². The average Bonchev–Trinajstić information content (AvgIpc) is 2.41. The second-order valence-corrected chi connectivity index (χ2v) is 4.34. The van der Waals surface area contributed by atoms with E-state index in [1.54, 1.807) is 37.3 Å². The van der Waals surface area contributed by atoms with Gasteiger partial charge in [0.15, 0.2) is 0 Å². The summed E-state index contributed by atoms with van der Waals surface area (Å²) >= 11 is 0. The van der Waals surface area contributed by atoms with E-state index >= 15 is 0 Å². The van der Waals surface area contributed by atoms with Crippen molar-refractivity contribution in [2.75, 3.05) is 6.61 Å². The first kappa shape index (κ1) is 15.0. The van der Waals surface area contributed by atoms with Crippen molar-refractivity contribution in [2.24, 2.45) is 0 Å². The lowest BCUT2D eigenvalue weighted by molar-refractivity contribution is -0.138. The van der Waals surface area contributed by atoms with Gasteiger partial charge in [-0.2, -0.15) is 0 Å². The van der Waals surface area contributed by atoms with Gasteiger partial charge >= 0.3 is 5.97 Å². The topological polar surface area (TPSA) is 46.5 Å². The number of carbonyl (C=O) groups is 1. The molecule has 3 nitrogen and oxygen atoms in total. The van der Waals surface area contributed by atoms with Gasteiger partial charge in [-0.15, -0.1) is 0 Å². The number of hydrogen-bond donors (Lipinski definition) is 1. The van der Waals surface area contributed by atoms with Crippen molar-refractivity contribution < 1.29 is 14.6 Å². The number of benzene rings is 1. The first-order valence-electron chi connectivity index (χ1n) is 6.39. The van der Waals surface area contributed by atoms with Crippen LogP contribution in [-0.2, 0) is 9.53 Å². The van der Waals surface area contributed by atoms with Crippen molar-refractivity contribution in [1.82, 2.24) is 0 Å². The Labute approximate surface area is 114 Å². The fourth-order valence-electron chi connectivity index (χ4n) is 1.53. The van der Waals surface area contributed by atoms with Crippen LogP contribution in [0, 0.1) is 0 Å². The van der Waals surface area contributed by atoms with Crippen LogP contribution >= 0.6 is 0 Å². The van der Waals surface area contributed by atoms with Crippen molar-refractivity contribution in [2.45, 2.75) is 26.7 Å². The Bertz CT molecular complexity index is 487. The van der Waals surface area contributed by atoms with Crippen molar-refractivity contribution in [3.8, 4) is 5.75 Å². The maximum atomic E-state index is 11.7. The molecule has 0 aliphatic heterocycles. The zero-order valence-corrected chi connectivity index (χ0v) is 11.5. The number of hydrogen-bond acceptors (Lipinski definition) is 3. The number of unbranched alkanes of at least 4 members (excludes halogenated alkanes) is 1. The van der Waals surface area contributed by atoms with E-state index in [9.17, 15) is 9.90 Å². The van der Waals surface area contributed by atoms with Gasteiger partial charge in [-0.3, -0.25) is 0 Å². The highest BCUT2D eigenvalue weighted by Crippen LogP contribution is 2.22. The Morgan fingerprint density at radius 1 is 1.47 bits per heavy atom. The summed E-state index contributed by atoms with van der Waals surface area (Å²) in [6.45, 7) is 7.81. The molecule has 19 heavy (non-hydrogen) atoms. The zero-order chi connectivity index (χ0) is 14.3. The molecule has 1 N–H and O–H groups in total. The van der Waals surface area contributed by atoms with E-state index in [0.29, 0.717) is 17.7 Å². The predicted octanol–water partition coefficient (Wildman–Crippen LogP) is 3.78. The van der Waals surface area contributed by atoms with Crippen LogP contribution in [0.1, 0.15) is 37.8 Å². The molecule has 0 unspecified atom stereocenters. The van der Waals surface area contributed by atoms with Gasteiger partial charge in [-0.05, 0) is 37.1 Å². The average molecular weight is 260 g/mol. The summed E-state index contributed by atoms with van der Waals surface area (Å²) in [4.78, 5) is 11.7. The summed E-state index contributed by atoms with van der Waals surface area (Å²) in [5.41, 5.74) is 1.94. The lowest BCUT2D eigenvalue weighted by Crippen LogP contribution is -2.06. The molecule has 0 aromatic heterocycles. The SMILES string of the molecule is C=Cc1ccc(O)c(/C=C(\C)C(=O)OCCCC)c1. The normalized spacial score (nSPS) is 11.2. The van der Waals surface area contributed by atoms with Gasteiger partial charge in [0.05, 0.1) is 6.61 Å². The van der Waals surface area contributed by atoms with E-state index in [1.807, 2.05) is 6.92 Å². The highest BCUT2D eigenvalue weighted by Gasteiger charge is 2.07. The van der Waals surface area contributed by atoms with E-state index < -0.39 is 0 Å². The van der Waals surface area contributed by atoms with Crippen LogP contribution in [0.4, 0.5) is 0 Å². The summed E-state index contributed by atoms with van der Waals surface area (Å²) in [5.74, 6) is -0.219. The second-order valence-electron chi connectivity index (χ2n) is 4.34. The first-order valence-corrected chi connectivity index (χ1v) is 6.39. The molecule has 0 spiro atoms. The molecule has 0 radical (unpaired) electrons. The summed E-state index contributed by atoms with van der Waals surface area (Å²) in [6.07, 6.45) is 5.15. The molecule has 0 aliphatic rings. The number of phenolic OH excluding ortho intramolecular Hbond substituents is 1. The molecule has 0 bridgehead atoms. The number of ether oxygens (including phenoxy) is 1. The third-order valence-electron chi connectivity index (χ3n) is 2.71. The monoisotopic (exact) mass is 260 g/mol. The fraction of sp³-hybridized carbons (Fsp3) is 0.312. The molecular weight excluding hydrogens is 240 g/mol. The minimum atomic E-state index is -0.350. The number of aromatic hydroxyl groups is 1. The fourth-order valence-corrected chi connectivity index (χ4v) is 1.53. The molecule has 0 saturated carbocycles. The number of rotatable bonds is 6. The third kappa shape index (κ3) is 4.62. The van der Waals surface area contributed by atoms with Crippen molar-refractivity contribution in [3.05, 3.63) is 41.5 Å². The van der Waals surface area contributed by atoms with Crippen LogP contribution in [-0.4, -0.2) is 17.7 Å². The molecule has 0 aliphatic carbocycles. The molecule has 3 heteroatoms.